The third kappa shape index (κ3) is 2.12. The molecule has 0 aliphatic rings. The first kappa shape index (κ1) is 13.5. The van der Waals surface area contributed by atoms with Gasteiger partial charge in [-0.05, 0) is 42.9 Å². The number of aryl methyl sites for hydroxylation is 1. The van der Waals surface area contributed by atoms with Gasteiger partial charge in [-0.1, -0.05) is 23.2 Å². The zero-order valence-electron chi connectivity index (χ0n) is 10.2. The lowest BCUT2D eigenvalue weighted by Crippen LogP contribution is -1.98. The summed E-state index contributed by atoms with van der Waals surface area (Å²) in [6, 6.07) is 4.30. The van der Waals surface area contributed by atoms with E-state index in [1.807, 2.05) is 13.0 Å². The van der Waals surface area contributed by atoms with Crippen molar-refractivity contribution >= 4 is 46.6 Å². The smallest absolute Gasteiger partial charge is 0.184 e. The quantitative estimate of drug-likeness (QED) is 0.649. The number of pyridine rings is 1. The summed E-state index contributed by atoms with van der Waals surface area (Å²) in [5, 5.41) is 0.351. The van der Waals surface area contributed by atoms with Gasteiger partial charge in [0.05, 0.1) is 21.2 Å². The number of nitrogens with zero attached hydrogens (tertiary/aromatic N) is 2. The molecule has 0 aliphatic carbocycles. The summed E-state index contributed by atoms with van der Waals surface area (Å²) in [4.78, 5) is 7.38. The number of aromatic nitrogens is 3. The van der Waals surface area contributed by atoms with Crippen molar-refractivity contribution in [1.82, 2.24) is 14.5 Å². The monoisotopic (exact) mass is 327 g/mol. The van der Waals surface area contributed by atoms with E-state index in [1.54, 1.807) is 10.8 Å². The largest absolute Gasteiger partial charge is 0.329 e. The van der Waals surface area contributed by atoms with Gasteiger partial charge >= 0.3 is 0 Å². The van der Waals surface area contributed by atoms with Crippen LogP contribution in [0.4, 0.5) is 4.39 Å². The van der Waals surface area contributed by atoms with Gasteiger partial charge in [0, 0.05) is 6.20 Å². The Balaban J connectivity index is 2.41. The van der Waals surface area contributed by atoms with E-state index in [0.717, 1.165) is 11.1 Å². The maximum Gasteiger partial charge on any atom is 0.184 e. The lowest BCUT2D eigenvalue weighted by atomic mass is 10.3. The van der Waals surface area contributed by atoms with E-state index in [4.69, 9.17) is 35.4 Å². The van der Waals surface area contributed by atoms with Crippen LogP contribution in [0.1, 0.15) is 5.56 Å². The van der Waals surface area contributed by atoms with Crippen LogP contribution in [0.2, 0.25) is 10.0 Å². The summed E-state index contributed by atoms with van der Waals surface area (Å²) >= 11 is 17.5. The van der Waals surface area contributed by atoms with Gasteiger partial charge in [0.15, 0.2) is 10.4 Å². The number of halogens is 3. The fourth-order valence-electron chi connectivity index (χ4n) is 2.06. The van der Waals surface area contributed by atoms with Gasteiger partial charge in [0.25, 0.3) is 0 Å². The molecule has 0 spiro atoms. The van der Waals surface area contributed by atoms with Crippen LogP contribution in [0.25, 0.3) is 16.9 Å². The molecule has 1 N–H and O–H groups in total. The number of aromatic amines is 1. The highest BCUT2D eigenvalue weighted by atomic mass is 35.5. The highest BCUT2D eigenvalue weighted by molar-refractivity contribution is 7.71. The first-order valence-electron chi connectivity index (χ1n) is 5.69. The summed E-state index contributed by atoms with van der Waals surface area (Å²) in [6.07, 6.45) is 1.72. The SMILES string of the molecule is Cc1cnc2c(c1)[nH]c(=S)n2-c1c(Cl)cc(F)cc1Cl. The van der Waals surface area contributed by atoms with Crippen LogP contribution < -0.4 is 0 Å². The number of rotatable bonds is 1. The average Bonchev–Trinajstić information content (AvgIpc) is 2.64. The minimum atomic E-state index is -0.501. The van der Waals surface area contributed by atoms with Crippen LogP contribution >= 0.6 is 35.4 Å². The van der Waals surface area contributed by atoms with E-state index in [-0.39, 0.29) is 10.0 Å². The molecule has 0 saturated carbocycles. The summed E-state index contributed by atoms with van der Waals surface area (Å²) in [5.41, 5.74) is 2.78. The minimum Gasteiger partial charge on any atom is -0.329 e. The van der Waals surface area contributed by atoms with Crippen LogP contribution in [-0.4, -0.2) is 14.5 Å². The third-order valence-electron chi connectivity index (χ3n) is 2.87. The van der Waals surface area contributed by atoms with Crippen molar-refractivity contribution in [1.29, 1.82) is 0 Å². The van der Waals surface area contributed by atoms with Gasteiger partial charge in [-0.15, -0.1) is 0 Å². The predicted molar refractivity (Wildman–Crippen MR) is 81.0 cm³/mol. The zero-order chi connectivity index (χ0) is 14.4. The van der Waals surface area contributed by atoms with E-state index in [9.17, 15) is 4.39 Å². The van der Waals surface area contributed by atoms with E-state index in [2.05, 4.69) is 9.97 Å². The van der Waals surface area contributed by atoms with Gasteiger partial charge in [0.2, 0.25) is 0 Å². The molecular weight excluding hydrogens is 320 g/mol. The third-order valence-corrected chi connectivity index (χ3v) is 3.73. The number of benzene rings is 1. The summed E-state index contributed by atoms with van der Waals surface area (Å²) in [6.45, 7) is 1.93. The number of nitrogens with one attached hydrogen (secondary N) is 1. The van der Waals surface area contributed by atoms with Gasteiger partial charge in [0.1, 0.15) is 5.82 Å². The fraction of sp³-hybridized carbons (Fsp3) is 0.0769. The topological polar surface area (TPSA) is 33.6 Å². The first-order valence-corrected chi connectivity index (χ1v) is 6.86. The van der Waals surface area contributed by atoms with Crippen LogP contribution in [-0.2, 0) is 0 Å². The Bertz CT molecular complexity index is 862. The molecule has 2 heterocycles. The lowest BCUT2D eigenvalue weighted by molar-refractivity contribution is 0.627. The Hall–Kier alpha value is -1.43. The summed E-state index contributed by atoms with van der Waals surface area (Å²) < 4.78 is 15.3. The minimum absolute atomic E-state index is 0.175. The zero-order valence-corrected chi connectivity index (χ0v) is 12.6. The van der Waals surface area contributed by atoms with E-state index < -0.39 is 5.82 Å². The van der Waals surface area contributed by atoms with Crippen LogP contribution in [0.5, 0.6) is 0 Å². The molecule has 2 aromatic heterocycles. The van der Waals surface area contributed by atoms with Crippen molar-refractivity contribution < 1.29 is 4.39 Å². The maximum atomic E-state index is 13.3. The Kier molecular flexibility index (Phi) is 3.28. The Morgan fingerprint density at radius 3 is 2.55 bits per heavy atom. The van der Waals surface area contributed by atoms with Gasteiger partial charge in [-0.3, -0.25) is 4.57 Å². The number of imidazole rings is 1. The molecule has 102 valence electrons. The van der Waals surface area contributed by atoms with Crippen LogP contribution in [0.15, 0.2) is 24.4 Å². The van der Waals surface area contributed by atoms with E-state index in [0.29, 0.717) is 16.1 Å². The Morgan fingerprint density at radius 1 is 1.25 bits per heavy atom. The number of fused-ring (bicyclic) bond motifs is 1. The number of hydrogen-bond donors (Lipinski definition) is 1. The first-order chi connectivity index (χ1) is 9.47. The molecule has 3 rings (SSSR count). The van der Waals surface area contributed by atoms with E-state index in [1.165, 1.54) is 12.1 Å². The second kappa shape index (κ2) is 4.84. The molecule has 0 aliphatic heterocycles. The second-order valence-corrected chi connectivity index (χ2v) is 5.57. The molecule has 0 radical (unpaired) electrons. The van der Waals surface area contributed by atoms with Crippen molar-refractivity contribution in [3.63, 3.8) is 0 Å². The molecule has 0 bridgehead atoms. The molecule has 0 fully saturated rings. The molecule has 0 atom stereocenters. The highest BCUT2D eigenvalue weighted by Crippen LogP contribution is 2.32. The standard InChI is InChI=1S/C13H8Cl2FN3S/c1-6-2-10-12(17-5-6)19(13(20)18-10)11-8(14)3-7(16)4-9(11)15/h2-5H,1H3,(H,18,20). The van der Waals surface area contributed by atoms with Crippen molar-refractivity contribution in [3.05, 3.63) is 50.6 Å². The molecule has 7 heteroatoms. The predicted octanol–water partition coefficient (Wildman–Crippen LogP) is 4.84. The van der Waals surface area contributed by atoms with Gasteiger partial charge < -0.3 is 4.98 Å². The molecule has 0 amide bonds. The average molecular weight is 328 g/mol. The lowest BCUT2D eigenvalue weighted by Gasteiger charge is -2.09. The second-order valence-electron chi connectivity index (χ2n) is 4.37. The molecule has 3 aromatic rings. The Morgan fingerprint density at radius 2 is 1.90 bits per heavy atom. The molecule has 20 heavy (non-hydrogen) atoms. The normalized spacial score (nSPS) is 11.2. The van der Waals surface area contributed by atoms with Crippen molar-refractivity contribution in [2.24, 2.45) is 0 Å². The van der Waals surface area contributed by atoms with Crippen molar-refractivity contribution in [2.75, 3.05) is 0 Å². The highest BCUT2D eigenvalue weighted by Gasteiger charge is 2.15. The number of H-pyrrole nitrogens is 1. The molecule has 1 aromatic carbocycles. The molecule has 3 nitrogen and oxygen atoms in total. The van der Waals surface area contributed by atoms with Gasteiger partial charge in [-0.2, -0.15) is 0 Å². The van der Waals surface area contributed by atoms with Gasteiger partial charge in [-0.25, -0.2) is 9.37 Å². The fourth-order valence-corrected chi connectivity index (χ4v) is 2.97. The van der Waals surface area contributed by atoms with E-state index >= 15 is 0 Å². The summed E-state index contributed by atoms with van der Waals surface area (Å²) in [5.74, 6) is -0.501. The maximum absolute atomic E-state index is 13.3. The van der Waals surface area contributed by atoms with Crippen LogP contribution in [0, 0.1) is 17.5 Å². The molecular formula is C13H8Cl2FN3S. The number of hydrogen-bond acceptors (Lipinski definition) is 2. The summed E-state index contributed by atoms with van der Waals surface area (Å²) in [7, 11) is 0. The molecule has 0 unspecified atom stereocenters. The molecule has 0 saturated heterocycles. The van der Waals surface area contributed by atoms with Crippen molar-refractivity contribution in [2.45, 2.75) is 6.92 Å². The Labute approximate surface area is 129 Å². The van der Waals surface area contributed by atoms with Crippen LogP contribution in [0.3, 0.4) is 0 Å². The van der Waals surface area contributed by atoms with Crippen molar-refractivity contribution in [3.8, 4) is 5.69 Å².